The maximum Gasteiger partial charge on any atom is 0.258 e. The molecule has 26 heavy (non-hydrogen) atoms. The number of nitriles is 1. The van der Waals surface area contributed by atoms with Crippen LogP contribution in [0, 0.1) is 32.1 Å². The molecule has 6 nitrogen and oxygen atoms in total. The van der Waals surface area contributed by atoms with E-state index in [1.54, 1.807) is 24.3 Å². The van der Waals surface area contributed by atoms with Crippen LogP contribution in [0.3, 0.4) is 0 Å². The van der Waals surface area contributed by atoms with Gasteiger partial charge in [0.05, 0.1) is 18.2 Å². The van der Waals surface area contributed by atoms with Crippen LogP contribution < -0.4 is 15.4 Å². The number of nitrogens with zero attached hydrogens (tertiary/aromatic N) is 1. The number of carbonyl (C=O) groups is 2. The Hall–Kier alpha value is -3.33. The maximum atomic E-state index is 12.1. The Bertz CT molecular complexity index is 846. The first-order chi connectivity index (χ1) is 12.4. The predicted octanol–water partition coefficient (Wildman–Crippen LogP) is 2.62. The lowest BCUT2D eigenvalue weighted by Gasteiger charge is -2.13. The minimum atomic E-state index is -0.417. The van der Waals surface area contributed by atoms with Crippen LogP contribution in [0.25, 0.3) is 0 Å². The first-order valence-corrected chi connectivity index (χ1v) is 8.16. The summed E-state index contributed by atoms with van der Waals surface area (Å²) in [5.41, 5.74) is 4.29. The van der Waals surface area contributed by atoms with Gasteiger partial charge in [0, 0.05) is 5.69 Å². The molecule has 134 valence electrons. The Labute approximate surface area is 152 Å². The van der Waals surface area contributed by atoms with Gasteiger partial charge in [0.25, 0.3) is 5.91 Å². The van der Waals surface area contributed by atoms with Crippen molar-refractivity contribution in [2.75, 3.05) is 18.5 Å². The summed E-state index contributed by atoms with van der Waals surface area (Å²) in [5, 5.41) is 14.2. The van der Waals surface area contributed by atoms with Gasteiger partial charge in [0.1, 0.15) is 5.75 Å². The molecule has 2 N–H and O–H groups in total. The Morgan fingerprint density at radius 1 is 1.08 bits per heavy atom. The number of nitrogens with one attached hydrogen (secondary N) is 2. The van der Waals surface area contributed by atoms with Crippen molar-refractivity contribution in [1.82, 2.24) is 5.32 Å². The Morgan fingerprint density at radius 3 is 2.42 bits per heavy atom. The SMILES string of the molecule is Cc1cc(C)c(NC(=O)CNC(=O)COc2cccc(C#N)c2)c(C)c1. The molecule has 0 aliphatic carbocycles. The van der Waals surface area contributed by atoms with Crippen molar-refractivity contribution >= 4 is 17.5 Å². The van der Waals surface area contributed by atoms with Gasteiger partial charge in [-0.05, 0) is 50.1 Å². The van der Waals surface area contributed by atoms with Gasteiger partial charge in [0.15, 0.2) is 6.61 Å². The fourth-order valence-electron chi connectivity index (χ4n) is 2.60. The summed E-state index contributed by atoms with van der Waals surface area (Å²) in [5.74, 6) is -0.297. The van der Waals surface area contributed by atoms with E-state index in [1.165, 1.54) is 0 Å². The number of aryl methyl sites for hydroxylation is 3. The average Bonchev–Trinajstić information content (AvgIpc) is 2.61. The summed E-state index contributed by atoms with van der Waals surface area (Å²) < 4.78 is 5.32. The first kappa shape index (κ1) is 19.0. The second-order valence-corrected chi connectivity index (χ2v) is 6.03. The number of ether oxygens (including phenoxy) is 1. The highest BCUT2D eigenvalue weighted by Gasteiger charge is 2.10. The van der Waals surface area contributed by atoms with Gasteiger partial charge in [-0.3, -0.25) is 9.59 Å². The van der Waals surface area contributed by atoms with Gasteiger partial charge < -0.3 is 15.4 Å². The Kier molecular flexibility index (Phi) is 6.34. The van der Waals surface area contributed by atoms with Crippen LogP contribution in [-0.2, 0) is 9.59 Å². The minimum Gasteiger partial charge on any atom is -0.484 e. The maximum absolute atomic E-state index is 12.1. The third-order valence-electron chi connectivity index (χ3n) is 3.72. The van der Waals surface area contributed by atoms with Crippen molar-refractivity contribution in [1.29, 1.82) is 5.26 Å². The lowest BCUT2D eigenvalue weighted by Crippen LogP contribution is -2.36. The third kappa shape index (κ3) is 5.35. The smallest absolute Gasteiger partial charge is 0.258 e. The molecule has 6 heteroatoms. The van der Waals surface area contributed by atoms with Crippen LogP contribution in [-0.4, -0.2) is 25.0 Å². The zero-order chi connectivity index (χ0) is 19.1. The number of hydrogen-bond donors (Lipinski definition) is 2. The van der Waals surface area contributed by atoms with Crippen molar-refractivity contribution < 1.29 is 14.3 Å². The van der Waals surface area contributed by atoms with Crippen molar-refractivity contribution in [3.05, 3.63) is 58.7 Å². The Morgan fingerprint density at radius 2 is 1.77 bits per heavy atom. The van der Waals surface area contributed by atoms with E-state index >= 15 is 0 Å². The largest absolute Gasteiger partial charge is 0.484 e. The van der Waals surface area contributed by atoms with Crippen LogP contribution in [0.4, 0.5) is 5.69 Å². The lowest BCUT2D eigenvalue weighted by molar-refractivity contribution is -0.125. The summed E-state index contributed by atoms with van der Waals surface area (Å²) in [6.07, 6.45) is 0. The topological polar surface area (TPSA) is 91.2 Å². The van der Waals surface area contributed by atoms with Crippen LogP contribution in [0.15, 0.2) is 36.4 Å². The zero-order valence-corrected chi connectivity index (χ0v) is 15.1. The zero-order valence-electron chi connectivity index (χ0n) is 15.1. The van der Waals surface area contributed by atoms with E-state index in [0.717, 1.165) is 22.4 Å². The molecule has 0 saturated heterocycles. The van der Waals surface area contributed by atoms with Gasteiger partial charge >= 0.3 is 0 Å². The number of amides is 2. The predicted molar refractivity (Wildman–Crippen MR) is 98.9 cm³/mol. The van der Waals surface area contributed by atoms with Gasteiger partial charge in [-0.25, -0.2) is 0 Å². The van der Waals surface area contributed by atoms with Crippen molar-refractivity contribution in [3.63, 3.8) is 0 Å². The summed E-state index contributed by atoms with van der Waals surface area (Å²) >= 11 is 0. The summed E-state index contributed by atoms with van der Waals surface area (Å²) in [4.78, 5) is 23.9. The molecule has 0 aliphatic rings. The van der Waals surface area contributed by atoms with Crippen LogP contribution in [0.5, 0.6) is 5.75 Å². The van der Waals surface area contributed by atoms with E-state index in [4.69, 9.17) is 10.00 Å². The van der Waals surface area contributed by atoms with E-state index in [1.807, 2.05) is 39.0 Å². The second kappa shape index (κ2) is 8.67. The number of rotatable bonds is 6. The molecule has 0 heterocycles. The van der Waals surface area contributed by atoms with E-state index in [-0.39, 0.29) is 19.1 Å². The minimum absolute atomic E-state index is 0.146. The molecule has 0 unspecified atom stereocenters. The normalized spacial score (nSPS) is 9.92. The van der Waals surface area contributed by atoms with Crippen LogP contribution in [0.2, 0.25) is 0 Å². The molecule has 0 radical (unpaired) electrons. The van der Waals surface area contributed by atoms with Gasteiger partial charge in [-0.15, -0.1) is 0 Å². The number of anilines is 1. The van der Waals surface area contributed by atoms with E-state index in [0.29, 0.717) is 11.3 Å². The molecular weight excluding hydrogens is 330 g/mol. The highest BCUT2D eigenvalue weighted by molar-refractivity contribution is 5.95. The summed E-state index contributed by atoms with van der Waals surface area (Å²) in [6, 6.07) is 12.5. The van der Waals surface area contributed by atoms with Crippen LogP contribution >= 0.6 is 0 Å². The number of carbonyl (C=O) groups excluding carboxylic acids is 2. The second-order valence-electron chi connectivity index (χ2n) is 6.03. The van der Waals surface area contributed by atoms with Gasteiger partial charge in [0.2, 0.25) is 5.91 Å². The monoisotopic (exact) mass is 351 g/mol. The van der Waals surface area contributed by atoms with Gasteiger partial charge in [-0.2, -0.15) is 5.26 Å². The highest BCUT2D eigenvalue weighted by atomic mass is 16.5. The molecule has 0 bridgehead atoms. The number of hydrogen-bond acceptors (Lipinski definition) is 4. The molecule has 0 saturated carbocycles. The molecule has 0 spiro atoms. The highest BCUT2D eigenvalue weighted by Crippen LogP contribution is 2.21. The standard InChI is InChI=1S/C20H21N3O3/c1-13-7-14(2)20(15(3)8-13)23-18(24)11-22-19(25)12-26-17-6-4-5-16(9-17)10-21/h4-9H,11-12H2,1-3H3,(H,22,25)(H,23,24). The molecule has 0 atom stereocenters. The Balaban J connectivity index is 1.82. The van der Waals surface area contributed by atoms with Crippen LogP contribution in [0.1, 0.15) is 22.3 Å². The molecule has 0 aromatic heterocycles. The van der Waals surface area contributed by atoms with Crippen molar-refractivity contribution in [2.24, 2.45) is 0 Å². The van der Waals surface area contributed by atoms with Gasteiger partial charge in [-0.1, -0.05) is 23.8 Å². The van der Waals surface area contributed by atoms with Crippen molar-refractivity contribution in [2.45, 2.75) is 20.8 Å². The van der Waals surface area contributed by atoms with E-state index < -0.39 is 5.91 Å². The van der Waals surface area contributed by atoms with E-state index in [9.17, 15) is 9.59 Å². The molecular formula is C20H21N3O3. The molecule has 2 amide bonds. The van der Waals surface area contributed by atoms with Crippen molar-refractivity contribution in [3.8, 4) is 11.8 Å². The fraction of sp³-hybridized carbons (Fsp3) is 0.250. The summed E-state index contributed by atoms with van der Waals surface area (Å²) in [6.45, 7) is 5.48. The quantitative estimate of drug-likeness (QED) is 0.837. The molecule has 0 fully saturated rings. The average molecular weight is 351 g/mol. The first-order valence-electron chi connectivity index (χ1n) is 8.16. The molecule has 2 rings (SSSR count). The number of benzene rings is 2. The lowest BCUT2D eigenvalue weighted by atomic mass is 10.1. The van der Waals surface area contributed by atoms with E-state index in [2.05, 4.69) is 10.6 Å². The molecule has 2 aromatic carbocycles. The summed E-state index contributed by atoms with van der Waals surface area (Å²) in [7, 11) is 0. The molecule has 2 aromatic rings. The molecule has 0 aliphatic heterocycles. The fourth-order valence-corrected chi connectivity index (χ4v) is 2.60. The third-order valence-corrected chi connectivity index (χ3v) is 3.72.